The number of nitrogens with one attached hydrogen (secondary N) is 1. The van der Waals surface area contributed by atoms with Crippen molar-refractivity contribution in [1.29, 1.82) is 0 Å². The lowest BCUT2D eigenvalue weighted by Crippen LogP contribution is -2.41. The molecule has 1 unspecified atom stereocenters. The van der Waals surface area contributed by atoms with E-state index in [-0.39, 0.29) is 11.9 Å². The van der Waals surface area contributed by atoms with Gasteiger partial charge in [-0.1, -0.05) is 26.0 Å². The zero-order valence-electron chi connectivity index (χ0n) is 11.1. The van der Waals surface area contributed by atoms with Crippen LogP contribution in [0.15, 0.2) is 29.2 Å². The first-order valence-corrected chi connectivity index (χ1v) is 7.56. The molecule has 0 bridgehead atoms. The van der Waals surface area contributed by atoms with Crippen molar-refractivity contribution in [2.75, 3.05) is 17.7 Å². The second kappa shape index (κ2) is 5.76. The Bertz CT molecular complexity index is 434. The summed E-state index contributed by atoms with van der Waals surface area (Å²) in [5, 5.41) is 3.33. The summed E-state index contributed by atoms with van der Waals surface area (Å²) in [5.74, 6) is 0.199. The Balaban J connectivity index is 2.18. The highest BCUT2D eigenvalue weighted by molar-refractivity contribution is 7.98. The van der Waals surface area contributed by atoms with Crippen LogP contribution in [0.5, 0.6) is 0 Å². The molecule has 0 aromatic heterocycles. The van der Waals surface area contributed by atoms with Crippen LogP contribution in [0, 0.1) is 0 Å². The molecule has 1 N–H and O–H groups in total. The highest BCUT2D eigenvalue weighted by Crippen LogP contribution is 2.31. The van der Waals surface area contributed by atoms with E-state index in [4.69, 9.17) is 0 Å². The monoisotopic (exact) mass is 264 g/mol. The second-order valence-corrected chi connectivity index (χ2v) is 5.67. The smallest absolute Gasteiger partial charge is 0.244 e. The van der Waals surface area contributed by atoms with Gasteiger partial charge in [-0.25, -0.2) is 0 Å². The molecule has 1 aliphatic heterocycles. The predicted octanol–water partition coefficient (Wildman–Crippen LogP) is 2.51. The van der Waals surface area contributed by atoms with E-state index in [9.17, 15) is 4.79 Å². The minimum absolute atomic E-state index is 0.0279. The normalized spacial score (nSPS) is 19.9. The van der Waals surface area contributed by atoms with Crippen LogP contribution < -0.4 is 10.2 Å². The molecule has 3 nitrogen and oxygen atoms in total. The van der Waals surface area contributed by atoms with Gasteiger partial charge < -0.3 is 10.2 Å². The SMILES string of the molecule is CSc1ccccc1N1CCC(NC(C)C)C1=O. The zero-order valence-corrected chi connectivity index (χ0v) is 12.0. The van der Waals surface area contributed by atoms with Crippen molar-refractivity contribution in [3.8, 4) is 0 Å². The summed E-state index contributed by atoms with van der Waals surface area (Å²) in [6, 6.07) is 8.41. The Labute approximate surface area is 113 Å². The fourth-order valence-electron chi connectivity index (χ4n) is 2.33. The number of nitrogens with zero attached hydrogens (tertiary/aromatic N) is 1. The van der Waals surface area contributed by atoms with E-state index >= 15 is 0 Å². The van der Waals surface area contributed by atoms with Gasteiger partial charge in [0.25, 0.3) is 0 Å². The van der Waals surface area contributed by atoms with E-state index < -0.39 is 0 Å². The molecule has 1 aliphatic rings. The van der Waals surface area contributed by atoms with Gasteiger partial charge in [0, 0.05) is 17.5 Å². The van der Waals surface area contributed by atoms with Gasteiger partial charge >= 0.3 is 0 Å². The fraction of sp³-hybridized carbons (Fsp3) is 0.500. The third-order valence-electron chi connectivity index (χ3n) is 3.12. The van der Waals surface area contributed by atoms with E-state index in [1.807, 2.05) is 29.4 Å². The quantitative estimate of drug-likeness (QED) is 0.848. The molecule has 1 saturated heterocycles. The van der Waals surface area contributed by atoms with Crippen molar-refractivity contribution in [2.24, 2.45) is 0 Å². The molecule has 0 saturated carbocycles. The minimum Gasteiger partial charge on any atom is -0.310 e. The van der Waals surface area contributed by atoms with Crippen molar-refractivity contribution >= 4 is 23.4 Å². The Morgan fingerprint density at radius 3 is 2.78 bits per heavy atom. The number of thioether (sulfide) groups is 1. The Kier molecular flexibility index (Phi) is 4.30. The fourth-order valence-corrected chi connectivity index (χ4v) is 2.93. The zero-order chi connectivity index (χ0) is 13.1. The van der Waals surface area contributed by atoms with Gasteiger partial charge in [-0.15, -0.1) is 11.8 Å². The van der Waals surface area contributed by atoms with Crippen LogP contribution in [0.2, 0.25) is 0 Å². The van der Waals surface area contributed by atoms with Crippen molar-refractivity contribution in [2.45, 2.75) is 37.2 Å². The lowest BCUT2D eigenvalue weighted by atomic mass is 10.2. The predicted molar refractivity (Wildman–Crippen MR) is 77.3 cm³/mol. The van der Waals surface area contributed by atoms with E-state index in [1.165, 1.54) is 0 Å². The van der Waals surface area contributed by atoms with Crippen LogP contribution in [0.3, 0.4) is 0 Å². The summed E-state index contributed by atoms with van der Waals surface area (Å²) in [6.07, 6.45) is 2.93. The van der Waals surface area contributed by atoms with Crippen LogP contribution in [0.1, 0.15) is 20.3 Å². The topological polar surface area (TPSA) is 32.3 Å². The first-order valence-electron chi connectivity index (χ1n) is 6.34. The summed E-state index contributed by atoms with van der Waals surface area (Å²) >= 11 is 1.69. The molecular weight excluding hydrogens is 244 g/mol. The summed E-state index contributed by atoms with van der Waals surface area (Å²) in [4.78, 5) is 15.4. The summed E-state index contributed by atoms with van der Waals surface area (Å²) in [5.41, 5.74) is 1.04. The van der Waals surface area contributed by atoms with E-state index in [2.05, 4.69) is 25.2 Å². The van der Waals surface area contributed by atoms with Gasteiger partial charge in [-0.05, 0) is 24.8 Å². The van der Waals surface area contributed by atoms with Gasteiger partial charge in [0.1, 0.15) is 0 Å². The Morgan fingerprint density at radius 1 is 1.39 bits per heavy atom. The average molecular weight is 264 g/mol. The van der Waals surface area contributed by atoms with E-state index in [0.717, 1.165) is 23.5 Å². The van der Waals surface area contributed by atoms with Crippen LogP contribution in [0.25, 0.3) is 0 Å². The maximum atomic E-state index is 12.4. The lowest BCUT2D eigenvalue weighted by Gasteiger charge is -2.20. The van der Waals surface area contributed by atoms with Crippen LogP contribution >= 0.6 is 11.8 Å². The summed E-state index contributed by atoms with van der Waals surface area (Å²) in [6.45, 7) is 4.96. The van der Waals surface area contributed by atoms with Crippen molar-refractivity contribution in [3.05, 3.63) is 24.3 Å². The van der Waals surface area contributed by atoms with Crippen LogP contribution in [0.4, 0.5) is 5.69 Å². The first kappa shape index (κ1) is 13.4. The van der Waals surface area contributed by atoms with Gasteiger partial charge in [-0.3, -0.25) is 4.79 Å². The number of carbonyl (C=O) groups excluding carboxylic acids is 1. The van der Waals surface area contributed by atoms with Gasteiger partial charge in [-0.2, -0.15) is 0 Å². The second-order valence-electron chi connectivity index (χ2n) is 4.82. The molecule has 0 aliphatic carbocycles. The van der Waals surface area contributed by atoms with Gasteiger partial charge in [0.2, 0.25) is 5.91 Å². The maximum Gasteiger partial charge on any atom is 0.244 e. The molecule has 18 heavy (non-hydrogen) atoms. The lowest BCUT2D eigenvalue weighted by molar-refractivity contribution is -0.119. The number of rotatable bonds is 4. The largest absolute Gasteiger partial charge is 0.310 e. The number of anilines is 1. The van der Waals surface area contributed by atoms with Crippen LogP contribution in [-0.2, 0) is 4.79 Å². The number of benzene rings is 1. The summed E-state index contributed by atoms with van der Waals surface area (Å²) < 4.78 is 0. The minimum atomic E-state index is -0.0279. The first-order chi connectivity index (χ1) is 8.63. The molecule has 1 atom stereocenters. The van der Waals surface area contributed by atoms with E-state index in [0.29, 0.717) is 6.04 Å². The van der Waals surface area contributed by atoms with Crippen molar-refractivity contribution in [1.82, 2.24) is 5.32 Å². The molecule has 0 spiro atoms. The molecule has 2 rings (SSSR count). The molecular formula is C14H20N2OS. The highest BCUT2D eigenvalue weighted by Gasteiger charge is 2.33. The molecule has 1 amide bonds. The van der Waals surface area contributed by atoms with Gasteiger partial charge in [0.05, 0.1) is 11.7 Å². The van der Waals surface area contributed by atoms with Crippen molar-refractivity contribution < 1.29 is 4.79 Å². The number of carbonyl (C=O) groups is 1. The summed E-state index contributed by atoms with van der Waals surface area (Å²) in [7, 11) is 0. The molecule has 98 valence electrons. The molecule has 1 fully saturated rings. The standard InChI is InChI=1S/C14H20N2OS/c1-10(2)15-11-8-9-16(14(11)17)12-6-4-5-7-13(12)18-3/h4-7,10-11,15H,8-9H2,1-3H3. The molecule has 1 aromatic carbocycles. The number of hydrogen-bond donors (Lipinski definition) is 1. The number of para-hydroxylation sites is 1. The van der Waals surface area contributed by atoms with E-state index in [1.54, 1.807) is 11.8 Å². The average Bonchev–Trinajstić information content (AvgIpc) is 2.70. The molecule has 1 aromatic rings. The Hall–Kier alpha value is -1.00. The van der Waals surface area contributed by atoms with Crippen molar-refractivity contribution in [3.63, 3.8) is 0 Å². The third-order valence-corrected chi connectivity index (χ3v) is 3.90. The number of hydrogen-bond acceptors (Lipinski definition) is 3. The molecule has 0 radical (unpaired) electrons. The highest BCUT2D eigenvalue weighted by atomic mass is 32.2. The third kappa shape index (κ3) is 2.70. The Morgan fingerprint density at radius 2 is 2.11 bits per heavy atom. The molecule has 1 heterocycles. The molecule has 4 heteroatoms. The van der Waals surface area contributed by atoms with Gasteiger partial charge in [0.15, 0.2) is 0 Å². The van der Waals surface area contributed by atoms with Crippen LogP contribution in [-0.4, -0.2) is 30.8 Å². The maximum absolute atomic E-state index is 12.4. The number of amides is 1.